The summed E-state index contributed by atoms with van der Waals surface area (Å²) in [6.07, 6.45) is 0. The van der Waals surface area contributed by atoms with Crippen molar-refractivity contribution in [1.29, 1.82) is 5.26 Å². The van der Waals surface area contributed by atoms with Gasteiger partial charge >= 0.3 is 0 Å². The first kappa shape index (κ1) is 14.4. The van der Waals surface area contributed by atoms with Crippen LogP contribution < -0.4 is 5.32 Å². The van der Waals surface area contributed by atoms with Gasteiger partial charge in [-0.15, -0.1) is 0 Å². The Kier molecular flexibility index (Phi) is 4.09. The fourth-order valence-corrected chi connectivity index (χ4v) is 1.78. The van der Waals surface area contributed by atoms with E-state index in [1.165, 1.54) is 18.2 Å². The minimum atomic E-state index is -0.892. The monoisotopic (exact) mass is 289 g/mol. The molecular weight excluding hydrogens is 280 g/mol. The van der Waals surface area contributed by atoms with Crippen LogP contribution in [0.2, 0.25) is 0 Å². The van der Waals surface area contributed by atoms with Gasteiger partial charge in [0.2, 0.25) is 0 Å². The summed E-state index contributed by atoms with van der Waals surface area (Å²) in [6, 6.07) is 9.20. The molecule has 0 saturated heterocycles. The van der Waals surface area contributed by atoms with Crippen molar-refractivity contribution >= 4 is 11.4 Å². The molecule has 0 saturated carbocycles. The second-order valence-corrected chi connectivity index (χ2v) is 4.21. The Hall–Kier alpha value is -3.01. The molecule has 2 aromatic carbocycles. The summed E-state index contributed by atoms with van der Waals surface area (Å²) >= 11 is 0. The molecule has 0 bridgehead atoms. The van der Waals surface area contributed by atoms with Gasteiger partial charge in [0.15, 0.2) is 11.6 Å². The van der Waals surface area contributed by atoms with Crippen LogP contribution in [0.25, 0.3) is 0 Å². The summed E-state index contributed by atoms with van der Waals surface area (Å²) < 4.78 is 27.3. The van der Waals surface area contributed by atoms with E-state index in [1.807, 2.05) is 0 Å². The molecule has 2 rings (SSSR count). The molecule has 0 amide bonds. The number of nitrogens with zero attached hydrogens (tertiary/aromatic N) is 2. The SMILES string of the molecule is N#Cc1cc(F)c(NCc2cccc([N+](=O)[O-])c2)c(F)c1. The van der Waals surface area contributed by atoms with Gasteiger partial charge in [-0.25, -0.2) is 8.78 Å². The molecule has 0 aliphatic rings. The Balaban J connectivity index is 2.19. The molecule has 0 radical (unpaired) electrons. The summed E-state index contributed by atoms with van der Waals surface area (Å²) in [5, 5.41) is 21.8. The maximum absolute atomic E-state index is 13.6. The third kappa shape index (κ3) is 3.30. The van der Waals surface area contributed by atoms with E-state index in [4.69, 9.17) is 5.26 Å². The van der Waals surface area contributed by atoms with Gasteiger partial charge in [-0.1, -0.05) is 12.1 Å². The molecule has 2 aromatic rings. The molecule has 106 valence electrons. The van der Waals surface area contributed by atoms with Gasteiger partial charge in [-0.05, 0) is 17.7 Å². The number of rotatable bonds is 4. The lowest BCUT2D eigenvalue weighted by molar-refractivity contribution is -0.384. The molecular formula is C14H9F2N3O2. The first-order valence-corrected chi connectivity index (χ1v) is 5.87. The molecule has 0 fully saturated rings. The minimum Gasteiger partial charge on any atom is -0.376 e. The molecule has 0 aromatic heterocycles. The summed E-state index contributed by atoms with van der Waals surface area (Å²) in [5.74, 6) is -1.78. The first-order chi connectivity index (χ1) is 10.0. The lowest BCUT2D eigenvalue weighted by Crippen LogP contribution is -2.04. The van der Waals surface area contributed by atoms with Crippen LogP contribution in [0.4, 0.5) is 20.2 Å². The highest BCUT2D eigenvalue weighted by Gasteiger charge is 2.12. The van der Waals surface area contributed by atoms with Gasteiger partial charge in [-0.2, -0.15) is 5.26 Å². The fourth-order valence-electron chi connectivity index (χ4n) is 1.78. The van der Waals surface area contributed by atoms with E-state index < -0.39 is 16.6 Å². The zero-order valence-corrected chi connectivity index (χ0v) is 10.6. The van der Waals surface area contributed by atoms with E-state index in [0.29, 0.717) is 5.56 Å². The van der Waals surface area contributed by atoms with Crippen molar-refractivity contribution < 1.29 is 13.7 Å². The Morgan fingerprint density at radius 2 is 1.90 bits per heavy atom. The highest BCUT2D eigenvalue weighted by Crippen LogP contribution is 2.22. The molecule has 7 heteroatoms. The quantitative estimate of drug-likeness (QED) is 0.691. The van der Waals surface area contributed by atoms with Crippen LogP contribution in [-0.2, 0) is 6.54 Å². The van der Waals surface area contributed by atoms with Crippen LogP contribution in [0.5, 0.6) is 0 Å². The maximum atomic E-state index is 13.6. The molecule has 5 nitrogen and oxygen atoms in total. The second kappa shape index (κ2) is 5.96. The van der Waals surface area contributed by atoms with Crippen LogP contribution in [0.1, 0.15) is 11.1 Å². The number of nitriles is 1. The largest absolute Gasteiger partial charge is 0.376 e. The standard InChI is InChI=1S/C14H9F2N3O2/c15-12-5-10(7-17)6-13(16)14(12)18-8-9-2-1-3-11(4-9)19(20)21/h1-6,18H,8H2. The fraction of sp³-hybridized carbons (Fsp3) is 0.0714. The van der Waals surface area contributed by atoms with E-state index >= 15 is 0 Å². The third-order valence-corrected chi connectivity index (χ3v) is 2.76. The highest BCUT2D eigenvalue weighted by atomic mass is 19.1. The van der Waals surface area contributed by atoms with Gasteiger partial charge in [0.25, 0.3) is 5.69 Å². The first-order valence-electron chi connectivity index (χ1n) is 5.87. The predicted molar refractivity (Wildman–Crippen MR) is 71.5 cm³/mol. The maximum Gasteiger partial charge on any atom is 0.269 e. The Morgan fingerprint density at radius 3 is 2.48 bits per heavy atom. The van der Waals surface area contributed by atoms with E-state index in [0.717, 1.165) is 12.1 Å². The number of non-ortho nitro benzene ring substituents is 1. The number of nitro groups is 1. The normalized spacial score (nSPS) is 9.95. The number of anilines is 1. The molecule has 0 aliphatic heterocycles. The molecule has 0 atom stereocenters. The van der Waals surface area contributed by atoms with Gasteiger partial charge < -0.3 is 5.32 Å². The lowest BCUT2D eigenvalue weighted by Gasteiger charge is -2.09. The van der Waals surface area contributed by atoms with Crippen molar-refractivity contribution in [3.8, 4) is 6.07 Å². The van der Waals surface area contributed by atoms with Crippen molar-refractivity contribution in [2.75, 3.05) is 5.32 Å². The third-order valence-electron chi connectivity index (χ3n) is 2.76. The zero-order valence-electron chi connectivity index (χ0n) is 10.6. The Labute approximate surface area is 118 Å². The predicted octanol–water partition coefficient (Wildman–Crippen LogP) is 3.36. The molecule has 0 heterocycles. The summed E-state index contributed by atoms with van der Waals surface area (Å²) in [4.78, 5) is 10.1. The number of nitro benzene ring substituents is 1. The molecule has 0 unspecified atom stereocenters. The average Bonchev–Trinajstić information content (AvgIpc) is 2.46. The zero-order chi connectivity index (χ0) is 15.4. The van der Waals surface area contributed by atoms with E-state index in [2.05, 4.69) is 5.32 Å². The highest BCUT2D eigenvalue weighted by molar-refractivity contribution is 5.51. The number of halogens is 2. The number of nitrogens with one attached hydrogen (secondary N) is 1. The van der Waals surface area contributed by atoms with E-state index in [-0.39, 0.29) is 23.5 Å². The van der Waals surface area contributed by atoms with Gasteiger partial charge in [-0.3, -0.25) is 10.1 Å². The molecule has 0 spiro atoms. The topological polar surface area (TPSA) is 79.0 Å². The van der Waals surface area contributed by atoms with E-state index in [1.54, 1.807) is 12.1 Å². The van der Waals surface area contributed by atoms with Gasteiger partial charge in [0, 0.05) is 18.7 Å². The minimum absolute atomic E-state index is 0.0153. The van der Waals surface area contributed by atoms with Crippen LogP contribution in [0.15, 0.2) is 36.4 Å². The number of benzene rings is 2. The van der Waals surface area contributed by atoms with Crippen LogP contribution in [-0.4, -0.2) is 4.92 Å². The van der Waals surface area contributed by atoms with Crippen LogP contribution in [0, 0.1) is 33.1 Å². The van der Waals surface area contributed by atoms with Gasteiger partial charge in [0.1, 0.15) is 5.69 Å². The second-order valence-electron chi connectivity index (χ2n) is 4.21. The molecule has 1 N–H and O–H groups in total. The Morgan fingerprint density at radius 1 is 1.24 bits per heavy atom. The number of hydrogen-bond donors (Lipinski definition) is 1. The lowest BCUT2D eigenvalue weighted by atomic mass is 10.1. The van der Waals surface area contributed by atoms with Crippen molar-refractivity contribution in [3.05, 3.63) is 69.3 Å². The summed E-state index contributed by atoms with van der Waals surface area (Å²) in [6.45, 7) is 0.0153. The number of hydrogen-bond acceptors (Lipinski definition) is 4. The van der Waals surface area contributed by atoms with Crippen LogP contribution in [0.3, 0.4) is 0 Å². The smallest absolute Gasteiger partial charge is 0.269 e. The van der Waals surface area contributed by atoms with Gasteiger partial charge in [0.05, 0.1) is 16.6 Å². The molecule has 0 aliphatic carbocycles. The van der Waals surface area contributed by atoms with E-state index in [9.17, 15) is 18.9 Å². The van der Waals surface area contributed by atoms with Crippen molar-refractivity contribution in [1.82, 2.24) is 0 Å². The Bertz CT molecular complexity index is 718. The van der Waals surface area contributed by atoms with Crippen molar-refractivity contribution in [2.45, 2.75) is 6.54 Å². The molecule has 21 heavy (non-hydrogen) atoms. The summed E-state index contributed by atoms with van der Waals surface area (Å²) in [5.41, 5.74) is -0.0890. The van der Waals surface area contributed by atoms with Crippen LogP contribution >= 0.6 is 0 Å². The van der Waals surface area contributed by atoms with Crippen molar-refractivity contribution in [2.24, 2.45) is 0 Å². The average molecular weight is 289 g/mol. The summed E-state index contributed by atoms with van der Waals surface area (Å²) in [7, 11) is 0. The van der Waals surface area contributed by atoms with Crippen molar-refractivity contribution in [3.63, 3.8) is 0 Å².